The van der Waals surface area contributed by atoms with Crippen LogP contribution in [0.2, 0.25) is 6.04 Å². The van der Waals surface area contributed by atoms with E-state index in [1.165, 1.54) is 0 Å². The maximum atomic E-state index is 6.18. The summed E-state index contributed by atoms with van der Waals surface area (Å²) in [4.78, 5) is 0. The van der Waals surface area contributed by atoms with Crippen LogP contribution in [0.5, 0.6) is 0 Å². The van der Waals surface area contributed by atoms with Gasteiger partial charge in [-0.2, -0.15) is 0 Å². The average Bonchev–Trinajstić information content (AvgIpc) is 2.50. The molecule has 5 nitrogen and oxygen atoms in total. The van der Waals surface area contributed by atoms with Crippen molar-refractivity contribution < 1.29 is 22.5 Å². The van der Waals surface area contributed by atoms with Gasteiger partial charge in [0.2, 0.25) is 5.72 Å². The molecule has 6 heteroatoms. The molecule has 23 heavy (non-hydrogen) atoms. The predicted molar refractivity (Wildman–Crippen MR) is 97.2 cm³/mol. The molecule has 0 fully saturated rings. The summed E-state index contributed by atoms with van der Waals surface area (Å²) in [5, 5.41) is 0. The summed E-state index contributed by atoms with van der Waals surface area (Å²) in [5.74, 6) is 0. The summed E-state index contributed by atoms with van der Waals surface area (Å²) in [6, 6.07) is 0.781. The van der Waals surface area contributed by atoms with Gasteiger partial charge in [-0.15, -0.1) is 6.58 Å². The summed E-state index contributed by atoms with van der Waals surface area (Å²) in [6.07, 6.45) is 3.61. The second kappa shape index (κ2) is 9.71. The largest absolute Gasteiger partial charge is 0.500 e. The highest BCUT2D eigenvalue weighted by Gasteiger charge is 2.43. The van der Waals surface area contributed by atoms with Gasteiger partial charge in [-0.3, -0.25) is 0 Å². The van der Waals surface area contributed by atoms with Crippen LogP contribution in [0.4, 0.5) is 0 Å². The van der Waals surface area contributed by atoms with Crippen LogP contribution in [0.15, 0.2) is 24.8 Å². The van der Waals surface area contributed by atoms with Gasteiger partial charge in [0.05, 0.1) is 27.2 Å². The molecule has 136 valence electrons. The molecule has 0 aromatic heterocycles. The summed E-state index contributed by atoms with van der Waals surface area (Å²) in [5.41, 5.74) is 0.669. The smallest absolute Gasteiger partial charge is 0.377 e. The van der Waals surface area contributed by atoms with Crippen molar-refractivity contribution in [1.82, 2.24) is 0 Å². The van der Waals surface area contributed by atoms with Crippen molar-refractivity contribution in [1.29, 1.82) is 0 Å². The van der Waals surface area contributed by atoms with Crippen LogP contribution in [-0.4, -0.2) is 67.6 Å². The summed E-state index contributed by atoms with van der Waals surface area (Å²) < 4.78 is 23.4. The molecule has 0 rings (SSSR count). The molecule has 0 aliphatic heterocycles. The molecule has 1 unspecified atom stereocenters. The van der Waals surface area contributed by atoms with Crippen molar-refractivity contribution in [2.45, 2.75) is 38.5 Å². The minimum Gasteiger partial charge on any atom is -0.377 e. The van der Waals surface area contributed by atoms with E-state index in [1.807, 2.05) is 13.0 Å². The number of nitrogens with zero attached hydrogens (tertiary/aromatic N) is 1. The Morgan fingerprint density at radius 1 is 1.17 bits per heavy atom. The molecule has 0 bridgehead atoms. The fraction of sp³-hybridized carbons (Fsp3) is 0.765. The second-order valence-electron chi connectivity index (χ2n) is 6.72. The van der Waals surface area contributed by atoms with Crippen LogP contribution in [0.25, 0.3) is 0 Å². The molecule has 0 heterocycles. The minimum absolute atomic E-state index is 0.349. The Kier molecular flexibility index (Phi) is 9.50. The Hall–Kier alpha value is -0.503. The van der Waals surface area contributed by atoms with Gasteiger partial charge in [0.25, 0.3) is 0 Å². The third-order valence-electron chi connectivity index (χ3n) is 4.57. The number of rotatable bonds is 13. The molecule has 0 aliphatic carbocycles. The first-order chi connectivity index (χ1) is 10.6. The van der Waals surface area contributed by atoms with Gasteiger partial charge in [-0.05, 0) is 6.92 Å². The topological polar surface area (TPSA) is 36.9 Å². The maximum absolute atomic E-state index is 6.18. The van der Waals surface area contributed by atoms with Gasteiger partial charge >= 0.3 is 8.80 Å². The predicted octanol–water partition coefficient (Wildman–Crippen LogP) is 3.22. The van der Waals surface area contributed by atoms with E-state index < -0.39 is 8.80 Å². The third-order valence-corrected chi connectivity index (χ3v) is 7.40. The molecule has 0 aromatic rings. The first-order valence-electron chi connectivity index (χ1n) is 7.99. The van der Waals surface area contributed by atoms with Crippen molar-refractivity contribution in [3.05, 3.63) is 24.8 Å². The lowest BCUT2D eigenvalue weighted by molar-refractivity contribution is -0.965. The number of ether oxygens (including phenoxy) is 1. The van der Waals surface area contributed by atoms with Crippen LogP contribution in [0.1, 0.15) is 26.7 Å². The fourth-order valence-corrected chi connectivity index (χ4v) is 4.21. The highest BCUT2D eigenvalue weighted by Crippen LogP contribution is 2.29. The van der Waals surface area contributed by atoms with Gasteiger partial charge < -0.3 is 22.5 Å². The van der Waals surface area contributed by atoms with E-state index in [-0.39, 0.29) is 5.72 Å². The first-order valence-corrected chi connectivity index (χ1v) is 9.93. The second-order valence-corrected chi connectivity index (χ2v) is 9.81. The number of quaternary nitrogens is 1. The lowest BCUT2D eigenvalue weighted by Gasteiger charge is -2.46. The van der Waals surface area contributed by atoms with Crippen molar-refractivity contribution in [3.8, 4) is 0 Å². The normalized spacial score (nSPS) is 15.3. The molecule has 0 amide bonds. The fourth-order valence-electron chi connectivity index (χ4n) is 2.51. The van der Waals surface area contributed by atoms with E-state index in [0.717, 1.165) is 31.0 Å². The van der Waals surface area contributed by atoms with E-state index in [9.17, 15) is 0 Å². The Bertz CT molecular complexity index is 375. The lowest BCUT2D eigenvalue weighted by Crippen LogP contribution is -2.60. The Morgan fingerprint density at radius 2 is 1.70 bits per heavy atom. The first kappa shape index (κ1) is 22.5. The zero-order valence-corrected chi connectivity index (χ0v) is 17.1. The molecule has 0 saturated heterocycles. The quantitative estimate of drug-likeness (QED) is 0.222. The van der Waals surface area contributed by atoms with E-state index in [0.29, 0.717) is 11.1 Å². The molecule has 1 atom stereocenters. The van der Waals surface area contributed by atoms with Crippen molar-refractivity contribution in [2.75, 3.05) is 48.6 Å². The van der Waals surface area contributed by atoms with E-state index in [4.69, 9.17) is 18.0 Å². The van der Waals surface area contributed by atoms with Crippen LogP contribution in [0, 0.1) is 0 Å². The standard InChI is InChI=1S/C17H36NO4Si/c1-10-12-17(4,22-15-16(2)3)18(5,6)13-11-14-23(19-7,20-8)21-9/h10H,1-2,11-15H2,3-9H3/q+1. The number of hydrogen-bond donors (Lipinski definition) is 0. The summed E-state index contributed by atoms with van der Waals surface area (Å²) in [6.45, 7) is 13.4. The molecular weight excluding hydrogens is 310 g/mol. The van der Waals surface area contributed by atoms with Gasteiger partial charge in [-0.25, -0.2) is 0 Å². The monoisotopic (exact) mass is 346 g/mol. The zero-order valence-electron chi connectivity index (χ0n) is 16.1. The van der Waals surface area contributed by atoms with E-state index in [2.05, 4.69) is 34.2 Å². The molecule has 0 saturated carbocycles. The van der Waals surface area contributed by atoms with Crippen LogP contribution < -0.4 is 0 Å². The van der Waals surface area contributed by atoms with Gasteiger partial charge in [0.15, 0.2) is 0 Å². The maximum Gasteiger partial charge on any atom is 0.500 e. The van der Waals surface area contributed by atoms with Crippen LogP contribution in [-0.2, 0) is 18.0 Å². The van der Waals surface area contributed by atoms with Gasteiger partial charge in [0, 0.05) is 47.1 Å². The van der Waals surface area contributed by atoms with Gasteiger partial charge in [-0.1, -0.05) is 18.2 Å². The SMILES string of the molecule is C=CCC(C)(OCC(=C)C)[N+](C)(C)CCC[Si](OC)(OC)OC. The Morgan fingerprint density at radius 3 is 2.09 bits per heavy atom. The minimum atomic E-state index is -2.52. The average molecular weight is 347 g/mol. The zero-order chi connectivity index (χ0) is 18.1. The highest BCUT2D eigenvalue weighted by molar-refractivity contribution is 6.60. The van der Waals surface area contributed by atoms with E-state index >= 15 is 0 Å². The van der Waals surface area contributed by atoms with Crippen molar-refractivity contribution in [2.24, 2.45) is 0 Å². The summed E-state index contributed by atoms with van der Waals surface area (Å²) >= 11 is 0. The Balaban J connectivity index is 4.90. The third kappa shape index (κ3) is 6.49. The molecule has 0 aromatic carbocycles. The van der Waals surface area contributed by atoms with Crippen molar-refractivity contribution in [3.63, 3.8) is 0 Å². The van der Waals surface area contributed by atoms with Crippen molar-refractivity contribution >= 4 is 8.80 Å². The lowest BCUT2D eigenvalue weighted by atomic mass is 10.1. The molecule has 0 N–H and O–H groups in total. The molecule has 0 aliphatic rings. The highest BCUT2D eigenvalue weighted by atomic mass is 28.4. The Labute approximate surface area is 143 Å². The molecule has 0 spiro atoms. The molecular formula is C17H36NO4Si+. The van der Waals surface area contributed by atoms with Crippen LogP contribution in [0.3, 0.4) is 0 Å². The van der Waals surface area contributed by atoms with Gasteiger partial charge in [0.1, 0.15) is 0 Å². The van der Waals surface area contributed by atoms with Crippen LogP contribution >= 0.6 is 0 Å². The number of hydrogen-bond acceptors (Lipinski definition) is 4. The molecule has 0 radical (unpaired) electrons. The van der Waals surface area contributed by atoms with E-state index in [1.54, 1.807) is 21.3 Å². The summed E-state index contributed by atoms with van der Waals surface area (Å²) in [7, 11) is 6.79.